The molecule has 3 rings (SSSR count). The number of nitrogens with zero attached hydrogens (tertiary/aromatic N) is 1. The Hall–Kier alpha value is -2.10. The molecule has 0 bridgehead atoms. The SMILES string of the molecule is Cc1cc(S(=O)(=O)NCc2ccncc2OCC2CCOC2)c(F)cc1F. The van der Waals surface area contributed by atoms with Crippen molar-refractivity contribution in [2.75, 3.05) is 19.8 Å². The number of pyridine rings is 1. The van der Waals surface area contributed by atoms with Gasteiger partial charge in [0.1, 0.15) is 22.3 Å². The Balaban J connectivity index is 1.71. The number of hydrogen-bond donors (Lipinski definition) is 1. The third-order valence-corrected chi connectivity index (χ3v) is 5.74. The summed E-state index contributed by atoms with van der Waals surface area (Å²) >= 11 is 0. The highest BCUT2D eigenvalue weighted by atomic mass is 32.2. The van der Waals surface area contributed by atoms with Crippen molar-refractivity contribution in [3.8, 4) is 5.75 Å². The van der Waals surface area contributed by atoms with E-state index in [-0.39, 0.29) is 18.0 Å². The van der Waals surface area contributed by atoms with Gasteiger partial charge >= 0.3 is 0 Å². The maximum absolute atomic E-state index is 13.9. The number of hydrogen-bond acceptors (Lipinski definition) is 5. The van der Waals surface area contributed by atoms with Crippen LogP contribution < -0.4 is 9.46 Å². The predicted molar refractivity (Wildman–Crippen MR) is 93.8 cm³/mol. The zero-order chi connectivity index (χ0) is 19.4. The normalized spacial score (nSPS) is 17.2. The van der Waals surface area contributed by atoms with Gasteiger partial charge in [-0.3, -0.25) is 4.98 Å². The molecule has 0 saturated carbocycles. The molecular weight excluding hydrogens is 378 g/mol. The van der Waals surface area contributed by atoms with E-state index in [9.17, 15) is 17.2 Å². The number of nitrogens with one attached hydrogen (secondary N) is 1. The molecule has 9 heteroatoms. The van der Waals surface area contributed by atoms with Crippen molar-refractivity contribution < 1.29 is 26.7 Å². The Morgan fingerprint density at radius 2 is 2.15 bits per heavy atom. The molecule has 1 saturated heterocycles. The minimum absolute atomic E-state index is 0.0449. The predicted octanol–water partition coefficient (Wildman–Crippen LogP) is 2.56. The number of halogens is 2. The molecule has 146 valence electrons. The van der Waals surface area contributed by atoms with Gasteiger partial charge in [-0.05, 0) is 31.0 Å². The fourth-order valence-corrected chi connectivity index (χ4v) is 3.84. The fourth-order valence-electron chi connectivity index (χ4n) is 2.69. The van der Waals surface area contributed by atoms with Crippen LogP contribution in [0.5, 0.6) is 5.75 Å². The van der Waals surface area contributed by atoms with Crippen LogP contribution in [0.25, 0.3) is 0 Å². The number of aryl methyl sites for hydroxylation is 1. The number of ether oxygens (including phenoxy) is 2. The minimum Gasteiger partial charge on any atom is -0.491 e. The molecule has 1 unspecified atom stereocenters. The summed E-state index contributed by atoms with van der Waals surface area (Å²) in [7, 11) is -4.16. The molecule has 2 heterocycles. The maximum Gasteiger partial charge on any atom is 0.243 e. The van der Waals surface area contributed by atoms with Crippen LogP contribution in [0, 0.1) is 24.5 Å². The third-order valence-electron chi connectivity index (χ3n) is 4.32. The second-order valence-electron chi connectivity index (χ2n) is 6.38. The lowest BCUT2D eigenvalue weighted by molar-refractivity contribution is 0.166. The van der Waals surface area contributed by atoms with Crippen molar-refractivity contribution in [1.29, 1.82) is 0 Å². The van der Waals surface area contributed by atoms with Gasteiger partial charge in [-0.1, -0.05) is 0 Å². The highest BCUT2D eigenvalue weighted by Gasteiger charge is 2.22. The molecule has 0 spiro atoms. The second-order valence-corrected chi connectivity index (χ2v) is 8.12. The van der Waals surface area contributed by atoms with Crippen LogP contribution in [0.3, 0.4) is 0 Å². The first-order valence-electron chi connectivity index (χ1n) is 8.45. The molecule has 1 aromatic carbocycles. The Morgan fingerprint density at radius 1 is 1.33 bits per heavy atom. The summed E-state index contributed by atoms with van der Waals surface area (Å²) < 4.78 is 65.5. The van der Waals surface area contributed by atoms with E-state index in [0.29, 0.717) is 37.2 Å². The first-order chi connectivity index (χ1) is 12.9. The zero-order valence-electron chi connectivity index (χ0n) is 14.7. The van der Waals surface area contributed by atoms with Gasteiger partial charge in [0.2, 0.25) is 10.0 Å². The number of aromatic nitrogens is 1. The van der Waals surface area contributed by atoms with Gasteiger partial charge in [0.15, 0.2) is 0 Å². The highest BCUT2D eigenvalue weighted by molar-refractivity contribution is 7.89. The molecule has 1 atom stereocenters. The summed E-state index contributed by atoms with van der Waals surface area (Å²) in [5, 5.41) is 0. The van der Waals surface area contributed by atoms with Gasteiger partial charge in [0.05, 0.1) is 19.4 Å². The smallest absolute Gasteiger partial charge is 0.243 e. The second kappa shape index (κ2) is 8.28. The van der Waals surface area contributed by atoms with Gasteiger partial charge in [0, 0.05) is 36.9 Å². The topological polar surface area (TPSA) is 77.5 Å². The summed E-state index contributed by atoms with van der Waals surface area (Å²) in [4.78, 5) is 3.40. The molecule has 27 heavy (non-hydrogen) atoms. The van der Waals surface area contributed by atoms with Crippen molar-refractivity contribution in [2.24, 2.45) is 5.92 Å². The number of benzene rings is 1. The number of rotatable bonds is 7. The van der Waals surface area contributed by atoms with Gasteiger partial charge in [-0.2, -0.15) is 0 Å². The van der Waals surface area contributed by atoms with Crippen molar-refractivity contribution in [3.63, 3.8) is 0 Å². The summed E-state index contributed by atoms with van der Waals surface area (Å²) in [6.07, 6.45) is 3.92. The summed E-state index contributed by atoms with van der Waals surface area (Å²) in [5.41, 5.74) is 0.607. The molecule has 6 nitrogen and oxygen atoms in total. The van der Waals surface area contributed by atoms with E-state index in [1.54, 1.807) is 6.07 Å². The molecule has 1 aliphatic rings. The molecular formula is C18H20F2N2O4S. The first kappa shape index (κ1) is 19.7. The fraction of sp³-hybridized carbons (Fsp3) is 0.389. The molecule has 0 aliphatic carbocycles. The van der Waals surface area contributed by atoms with Gasteiger partial charge in [-0.15, -0.1) is 0 Å². The van der Waals surface area contributed by atoms with Crippen molar-refractivity contribution >= 4 is 10.0 Å². The van der Waals surface area contributed by atoms with Crippen molar-refractivity contribution in [3.05, 3.63) is 53.4 Å². The average molecular weight is 398 g/mol. The molecule has 1 aliphatic heterocycles. The van der Waals surface area contributed by atoms with Crippen LogP contribution >= 0.6 is 0 Å². The molecule has 0 amide bonds. The van der Waals surface area contributed by atoms with Crippen LogP contribution in [-0.2, 0) is 21.3 Å². The van der Waals surface area contributed by atoms with E-state index in [4.69, 9.17) is 9.47 Å². The van der Waals surface area contributed by atoms with E-state index >= 15 is 0 Å². The van der Waals surface area contributed by atoms with Crippen LogP contribution in [0.2, 0.25) is 0 Å². The van der Waals surface area contributed by atoms with Crippen molar-refractivity contribution in [1.82, 2.24) is 9.71 Å². The highest BCUT2D eigenvalue weighted by Crippen LogP contribution is 2.22. The average Bonchev–Trinajstić information content (AvgIpc) is 3.15. The molecule has 1 N–H and O–H groups in total. The van der Waals surface area contributed by atoms with Crippen LogP contribution in [0.15, 0.2) is 35.5 Å². The lowest BCUT2D eigenvalue weighted by Crippen LogP contribution is -2.25. The Labute approximate surface area is 156 Å². The molecule has 2 aromatic rings. The Bertz CT molecular complexity index is 916. The maximum atomic E-state index is 13.9. The number of sulfonamides is 1. The van der Waals surface area contributed by atoms with Crippen LogP contribution in [-0.4, -0.2) is 33.2 Å². The molecule has 0 radical (unpaired) electrons. The largest absolute Gasteiger partial charge is 0.491 e. The third kappa shape index (κ3) is 4.79. The Kier molecular flexibility index (Phi) is 6.03. The van der Waals surface area contributed by atoms with E-state index in [2.05, 4.69) is 9.71 Å². The molecule has 1 aromatic heterocycles. The summed E-state index contributed by atoms with van der Waals surface area (Å²) in [6.45, 7) is 3.03. The monoisotopic (exact) mass is 398 g/mol. The molecule has 1 fully saturated rings. The lowest BCUT2D eigenvalue weighted by atomic mass is 10.1. The lowest BCUT2D eigenvalue weighted by Gasteiger charge is -2.14. The Morgan fingerprint density at radius 3 is 2.89 bits per heavy atom. The van der Waals surface area contributed by atoms with Gasteiger partial charge in [-0.25, -0.2) is 21.9 Å². The summed E-state index contributed by atoms with van der Waals surface area (Å²) in [5.74, 6) is -1.21. The zero-order valence-corrected chi connectivity index (χ0v) is 15.6. The van der Waals surface area contributed by atoms with Crippen LogP contribution in [0.1, 0.15) is 17.5 Å². The van der Waals surface area contributed by atoms with Gasteiger partial charge < -0.3 is 9.47 Å². The summed E-state index contributed by atoms with van der Waals surface area (Å²) in [6, 6.07) is 3.15. The van der Waals surface area contributed by atoms with E-state index < -0.39 is 26.6 Å². The van der Waals surface area contributed by atoms with E-state index in [0.717, 1.165) is 12.5 Å². The van der Waals surface area contributed by atoms with E-state index in [1.807, 2.05) is 0 Å². The first-order valence-corrected chi connectivity index (χ1v) is 9.94. The van der Waals surface area contributed by atoms with Gasteiger partial charge in [0.25, 0.3) is 0 Å². The van der Waals surface area contributed by atoms with Crippen molar-refractivity contribution in [2.45, 2.75) is 24.8 Å². The van der Waals surface area contributed by atoms with E-state index in [1.165, 1.54) is 19.3 Å². The minimum atomic E-state index is -4.16. The van der Waals surface area contributed by atoms with Crippen LogP contribution in [0.4, 0.5) is 8.78 Å². The standard InChI is InChI=1S/C18H20F2N2O4S/c1-12-6-18(16(20)7-15(12)19)27(23,24)22-8-14-2-4-21-9-17(14)26-11-13-3-5-25-10-13/h2,4,6-7,9,13,22H,3,5,8,10-11H2,1H3. The quantitative estimate of drug-likeness (QED) is 0.776.